The first kappa shape index (κ1) is 20.1. The number of aromatic nitrogens is 2. The van der Waals surface area contributed by atoms with E-state index in [0.717, 1.165) is 11.1 Å². The number of pyridine rings is 2. The first-order chi connectivity index (χ1) is 15.2. The second kappa shape index (κ2) is 8.72. The van der Waals surface area contributed by atoms with Gasteiger partial charge in [-0.15, -0.1) is 11.3 Å². The van der Waals surface area contributed by atoms with E-state index in [4.69, 9.17) is 7.48 Å². The van der Waals surface area contributed by atoms with Gasteiger partial charge in [-0.05, 0) is 51.1 Å². The molecule has 0 unspecified atom stereocenters. The molecule has 0 atom stereocenters. The summed E-state index contributed by atoms with van der Waals surface area (Å²) in [7, 11) is -2.99. The van der Waals surface area contributed by atoms with E-state index < -0.39 is 34.0 Å². The summed E-state index contributed by atoms with van der Waals surface area (Å²) in [5.41, 5.74) is -1.04. The van der Waals surface area contributed by atoms with E-state index in [2.05, 4.69) is 9.97 Å². The van der Waals surface area contributed by atoms with Crippen molar-refractivity contribution in [2.24, 2.45) is 0 Å². The highest BCUT2D eigenvalue weighted by Gasteiger charge is 2.28. The predicted molar refractivity (Wildman–Crippen MR) is 115 cm³/mol. The number of thiophene rings is 1. The molecule has 0 spiro atoms. The Bertz CT molecular complexity index is 1280. The lowest BCUT2D eigenvalue weighted by Crippen LogP contribution is -2.33. The minimum Gasteiger partial charge on any atom is -0.444 e. The van der Waals surface area contributed by atoms with Crippen LogP contribution in [0.5, 0.6) is 0 Å². The van der Waals surface area contributed by atoms with Gasteiger partial charge in [0.15, 0.2) is 0 Å². The molecule has 0 bridgehead atoms. The fraction of sp³-hybridized carbons (Fsp3) is 0.286. The zero-order chi connectivity index (χ0) is 24.6. The van der Waals surface area contributed by atoms with E-state index >= 15 is 0 Å². The number of carbonyl (C=O) groups is 1. The summed E-state index contributed by atoms with van der Waals surface area (Å²) in [5, 5.41) is 0. The molecular weight excluding hydrogens is 441 g/mol. The fourth-order valence-electron chi connectivity index (χ4n) is 2.56. The third kappa shape index (κ3) is 5.26. The Kier molecular flexibility index (Phi) is 5.65. The van der Waals surface area contributed by atoms with Crippen molar-refractivity contribution in [2.45, 2.75) is 42.0 Å². The van der Waals surface area contributed by atoms with E-state index in [-0.39, 0.29) is 25.1 Å². The molecule has 0 radical (unpaired) electrons. The van der Waals surface area contributed by atoms with E-state index in [1.165, 1.54) is 49.8 Å². The number of hydrogen-bond acceptors (Lipinski definition) is 7. The lowest BCUT2D eigenvalue weighted by molar-refractivity contribution is 0.0286. The van der Waals surface area contributed by atoms with Gasteiger partial charge in [0.2, 0.25) is 15.8 Å². The van der Waals surface area contributed by atoms with Crippen LogP contribution >= 0.6 is 11.3 Å². The van der Waals surface area contributed by atoms with E-state index in [1.54, 1.807) is 20.8 Å². The standard InChI is InChI=1S/C21H22FN3O4S2/c1-21(2,3)29-20(26)25(4)13-14-11-17(16-8-6-10-24-18(16)22)19(30-14)31(27,28)15-7-5-9-23-12-15/h5-12H,13H2,1-4H3/i13D2. The van der Waals surface area contributed by atoms with Crippen LogP contribution in [0.15, 0.2) is 58.0 Å². The molecule has 3 aromatic heterocycles. The largest absolute Gasteiger partial charge is 0.444 e. The highest BCUT2D eigenvalue weighted by atomic mass is 32.2. The average Bonchev–Trinajstić information content (AvgIpc) is 3.20. The molecule has 0 aliphatic heterocycles. The molecule has 0 saturated heterocycles. The van der Waals surface area contributed by atoms with Crippen molar-refractivity contribution in [3.63, 3.8) is 0 Å². The maximum absolute atomic E-state index is 14.5. The molecule has 0 N–H and O–H groups in total. The smallest absolute Gasteiger partial charge is 0.410 e. The Morgan fingerprint density at radius 2 is 1.97 bits per heavy atom. The Balaban J connectivity index is 2.18. The number of rotatable bonds is 5. The summed E-state index contributed by atoms with van der Waals surface area (Å²) in [6.45, 7) is 2.47. The van der Waals surface area contributed by atoms with Crippen LogP contribution in [-0.4, -0.2) is 42.0 Å². The molecule has 3 rings (SSSR count). The topological polar surface area (TPSA) is 89.5 Å². The van der Waals surface area contributed by atoms with Crippen molar-refractivity contribution in [1.29, 1.82) is 0 Å². The highest BCUT2D eigenvalue weighted by molar-refractivity contribution is 7.93. The van der Waals surface area contributed by atoms with Gasteiger partial charge < -0.3 is 9.64 Å². The number of sulfone groups is 1. The van der Waals surface area contributed by atoms with Crippen LogP contribution in [0.25, 0.3) is 11.1 Å². The monoisotopic (exact) mass is 465 g/mol. The number of hydrogen-bond donors (Lipinski definition) is 0. The lowest BCUT2D eigenvalue weighted by Gasteiger charge is -2.24. The fourth-order valence-corrected chi connectivity index (χ4v) is 5.52. The Morgan fingerprint density at radius 3 is 2.58 bits per heavy atom. The quantitative estimate of drug-likeness (QED) is 0.514. The van der Waals surface area contributed by atoms with Gasteiger partial charge in [0.25, 0.3) is 0 Å². The van der Waals surface area contributed by atoms with Crippen molar-refractivity contribution in [3.8, 4) is 11.1 Å². The Labute approximate surface area is 187 Å². The Morgan fingerprint density at radius 1 is 1.26 bits per heavy atom. The molecule has 3 heterocycles. The molecule has 0 fully saturated rings. The van der Waals surface area contributed by atoms with Crippen LogP contribution in [0.3, 0.4) is 0 Å². The molecule has 0 aromatic carbocycles. The minimum absolute atomic E-state index is 0.0640. The zero-order valence-corrected chi connectivity index (χ0v) is 18.9. The van der Waals surface area contributed by atoms with Crippen molar-refractivity contribution >= 4 is 27.3 Å². The van der Waals surface area contributed by atoms with Crippen molar-refractivity contribution < 1.29 is 25.1 Å². The molecule has 0 aliphatic carbocycles. The van der Waals surface area contributed by atoms with Gasteiger partial charge in [0.1, 0.15) is 9.81 Å². The molecule has 3 aromatic rings. The van der Waals surface area contributed by atoms with Crippen LogP contribution in [0.1, 0.15) is 28.4 Å². The van der Waals surface area contributed by atoms with Crippen molar-refractivity contribution in [2.75, 3.05) is 7.05 Å². The Hall–Kier alpha value is -2.85. The predicted octanol–water partition coefficient (Wildman–Crippen LogP) is 4.54. The van der Waals surface area contributed by atoms with Gasteiger partial charge in [0, 0.05) is 41.6 Å². The third-order valence-corrected chi connectivity index (χ3v) is 7.19. The van der Waals surface area contributed by atoms with Crippen LogP contribution in [0.4, 0.5) is 9.18 Å². The molecule has 0 aliphatic rings. The van der Waals surface area contributed by atoms with E-state index in [1.807, 2.05) is 0 Å². The average molecular weight is 466 g/mol. The van der Waals surface area contributed by atoms with Gasteiger partial charge in [-0.3, -0.25) is 4.98 Å². The van der Waals surface area contributed by atoms with Crippen LogP contribution in [0, 0.1) is 5.95 Å². The third-order valence-electron chi connectivity index (χ3n) is 3.88. The lowest BCUT2D eigenvalue weighted by atomic mass is 10.1. The van der Waals surface area contributed by atoms with Gasteiger partial charge in [-0.1, -0.05) is 0 Å². The molecule has 31 heavy (non-hydrogen) atoms. The van der Waals surface area contributed by atoms with Gasteiger partial charge in [-0.2, -0.15) is 4.39 Å². The highest BCUT2D eigenvalue weighted by Crippen LogP contribution is 2.39. The maximum atomic E-state index is 14.5. The normalized spacial score (nSPS) is 13.3. The van der Waals surface area contributed by atoms with Crippen LogP contribution in [-0.2, 0) is 21.1 Å². The second-order valence-corrected chi connectivity index (χ2v) is 10.7. The van der Waals surface area contributed by atoms with Crippen molar-refractivity contribution in [1.82, 2.24) is 14.9 Å². The van der Waals surface area contributed by atoms with Crippen LogP contribution < -0.4 is 0 Å². The van der Waals surface area contributed by atoms with E-state index in [0.29, 0.717) is 11.3 Å². The summed E-state index contributed by atoms with van der Waals surface area (Å²) >= 11 is 0.601. The summed E-state index contributed by atoms with van der Waals surface area (Å²) in [4.78, 5) is 20.4. The van der Waals surface area contributed by atoms with Gasteiger partial charge in [0.05, 0.1) is 14.1 Å². The minimum atomic E-state index is -4.19. The summed E-state index contributed by atoms with van der Waals surface area (Å²) in [5.74, 6) is -0.912. The summed E-state index contributed by atoms with van der Waals surface area (Å²) in [6.07, 6.45) is 2.84. The first-order valence-electron chi connectivity index (χ1n) is 10.1. The second-order valence-electron chi connectivity index (χ2n) is 7.50. The van der Waals surface area contributed by atoms with E-state index in [9.17, 15) is 17.6 Å². The maximum Gasteiger partial charge on any atom is 0.410 e. The zero-order valence-electron chi connectivity index (χ0n) is 19.3. The number of ether oxygens (including phenoxy) is 1. The van der Waals surface area contributed by atoms with Crippen molar-refractivity contribution in [3.05, 3.63) is 59.7 Å². The molecular formula is C21H22FN3O4S2. The van der Waals surface area contributed by atoms with Gasteiger partial charge >= 0.3 is 6.09 Å². The number of nitrogens with zero attached hydrogens (tertiary/aromatic N) is 3. The van der Waals surface area contributed by atoms with Gasteiger partial charge in [-0.25, -0.2) is 18.2 Å². The summed E-state index contributed by atoms with van der Waals surface area (Å²) < 4.78 is 63.3. The molecule has 7 nitrogen and oxygen atoms in total. The first-order valence-corrected chi connectivity index (χ1v) is 11.4. The number of amides is 1. The number of carbonyl (C=O) groups excluding carboxylic acids is 1. The number of halogens is 1. The SMILES string of the molecule is [2H]C([2H])(c1cc(-c2cccnc2F)c(S(=O)(=O)c2cccnc2)s1)N(C)C(=O)OC(C)(C)C. The molecule has 10 heteroatoms. The molecule has 0 saturated carbocycles. The molecule has 1 amide bonds. The summed E-state index contributed by atoms with van der Waals surface area (Å²) in [6, 6.07) is 6.80. The molecule has 164 valence electrons. The van der Waals surface area contributed by atoms with Crippen LogP contribution in [0.2, 0.25) is 0 Å².